The predicted octanol–water partition coefficient (Wildman–Crippen LogP) is -0.689. The van der Waals surface area contributed by atoms with E-state index >= 15 is 0 Å². The molecule has 0 aliphatic heterocycles. The van der Waals surface area contributed by atoms with E-state index in [4.69, 9.17) is 0 Å². The van der Waals surface area contributed by atoms with Crippen molar-refractivity contribution in [3.63, 3.8) is 0 Å². The van der Waals surface area contributed by atoms with Crippen LogP contribution in [0.3, 0.4) is 0 Å². The Hall–Kier alpha value is 1.03. The van der Waals surface area contributed by atoms with Gasteiger partial charge < -0.3 is 1.43 Å². The minimum atomic E-state index is 0. The summed E-state index contributed by atoms with van der Waals surface area (Å²) in [6.07, 6.45) is 7.31. The number of hydrogen-bond donors (Lipinski definition) is 0. The topological polar surface area (TPSA) is 0 Å². The van der Waals surface area contributed by atoms with E-state index in [1.807, 2.05) is 0 Å². The minimum Gasteiger partial charge on any atom is -1.00 e. The fourth-order valence-electron chi connectivity index (χ4n) is 1.13. The standard InChI is InChI=1S/C6H13P.Li.H/c7-6-4-2-1-3-5-6;;/h6H,1-5,7H2;;/q;+1;-1. The van der Waals surface area contributed by atoms with Crippen molar-refractivity contribution < 1.29 is 20.3 Å². The average Bonchev–Trinajstić information content (AvgIpc) is 1.69. The summed E-state index contributed by atoms with van der Waals surface area (Å²) in [6, 6.07) is 0. The van der Waals surface area contributed by atoms with Crippen molar-refractivity contribution in [1.82, 2.24) is 0 Å². The minimum absolute atomic E-state index is 0. The molecule has 1 fully saturated rings. The number of rotatable bonds is 0. The maximum absolute atomic E-state index is 2.91. The van der Waals surface area contributed by atoms with Gasteiger partial charge in [-0.05, 0) is 18.5 Å². The monoisotopic (exact) mass is 124 g/mol. The fourth-order valence-corrected chi connectivity index (χ4v) is 1.61. The van der Waals surface area contributed by atoms with Gasteiger partial charge in [-0.15, -0.1) is 9.24 Å². The molecule has 0 aromatic heterocycles. The second kappa shape index (κ2) is 4.86. The summed E-state index contributed by atoms with van der Waals surface area (Å²) in [4.78, 5) is 0. The van der Waals surface area contributed by atoms with Gasteiger partial charge in [-0.3, -0.25) is 0 Å². The third-order valence-electron chi connectivity index (χ3n) is 1.65. The summed E-state index contributed by atoms with van der Waals surface area (Å²) in [7, 11) is 2.91. The molecular weight excluding hydrogens is 110 g/mol. The third-order valence-corrected chi connectivity index (χ3v) is 2.32. The van der Waals surface area contributed by atoms with Gasteiger partial charge in [0.1, 0.15) is 0 Å². The van der Waals surface area contributed by atoms with Crippen molar-refractivity contribution in [3.05, 3.63) is 0 Å². The van der Waals surface area contributed by atoms with Gasteiger partial charge >= 0.3 is 18.9 Å². The van der Waals surface area contributed by atoms with E-state index in [0.29, 0.717) is 0 Å². The molecule has 0 heterocycles. The van der Waals surface area contributed by atoms with Gasteiger partial charge in [0.2, 0.25) is 0 Å². The van der Waals surface area contributed by atoms with Crippen molar-refractivity contribution in [2.24, 2.45) is 0 Å². The molecule has 1 aliphatic rings. The maximum atomic E-state index is 2.91. The van der Waals surface area contributed by atoms with Crippen molar-refractivity contribution in [2.75, 3.05) is 0 Å². The normalized spacial score (nSPS) is 22.1. The summed E-state index contributed by atoms with van der Waals surface area (Å²) in [5.74, 6) is 0. The molecule has 0 saturated heterocycles. The SMILES string of the molecule is PC1CCCCC1.[H-].[Li+]. The quantitative estimate of drug-likeness (QED) is 0.296. The van der Waals surface area contributed by atoms with Crippen LogP contribution in [-0.4, -0.2) is 5.66 Å². The van der Waals surface area contributed by atoms with Crippen LogP contribution in [0.5, 0.6) is 0 Å². The zero-order valence-electron chi connectivity index (χ0n) is 6.69. The number of hydrogen-bond acceptors (Lipinski definition) is 0. The largest absolute Gasteiger partial charge is 1.00 e. The van der Waals surface area contributed by atoms with E-state index in [2.05, 4.69) is 9.24 Å². The van der Waals surface area contributed by atoms with Crippen LogP contribution < -0.4 is 18.9 Å². The third kappa shape index (κ3) is 3.13. The van der Waals surface area contributed by atoms with Crippen LogP contribution >= 0.6 is 9.24 Å². The molecule has 0 bridgehead atoms. The second-order valence-electron chi connectivity index (χ2n) is 2.40. The van der Waals surface area contributed by atoms with Crippen LogP contribution in [0.15, 0.2) is 0 Å². The van der Waals surface area contributed by atoms with Crippen LogP contribution in [0.1, 0.15) is 33.5 Å². The van der Waals surface area contributed by atoms with Gasteiger partial charge in [0, 0.05) is 0 Å². The molecule has 0 aromatic rings. The van der Waals surface area contributed by atoms with Gasteiger partial charge in [0.25, 0.3) is 0 Å². The van der Waals surface area contributed by atoms with Crippen LogP contribution in [0, 0.1) is 0 Å². The summed E-state index contributed by atoms with van der Waals surface area (Å²) < 4.78 is 0. The van der Waals surface area contributed by atoms with E-state index in [0.717, 1.165) is 5.66 Å². The van der Waals surface area contributed by atoms with E-state index in [9.17, 15) is 0 Å². The Balaban J connectivity index is 0. The molecule has 1 rings (SSSR count). The van der Waals surface area contributed by atoms with E-state index in [1.165, 1.54) is 32.1 Å². The Morgan fingerprint density at radius 3 is 1.88 bits per heavy atom. The Labute approximate surface area is 67.7 Å². The molecule has 0 spiro atoms. The summed E-state index contributed by atoms with van der Waals surface area (Å²) in [5.41, 5.74) is 0.953. The van der Waals surface area contributed by atoms with Gasteiger partial charge in [-0.1, -0.05) is 19.3 Å². The Kier molecular flexibility index (Phi) is 5.49. The first kappa shape index (κ1) is 9.03. The van der Waals surface area contributed by atoms with Crippen LogP contribution in [0.2, 0.25) is 0 Å². The molecule has 0 N–H and O–H groups in total. The molecule has 0 aromatic carbocycles. The first-order chi connectivity index (χ1) is 3.39. The Bertz CT molecular complexity index is 55.0. The molecule has 0 nitrogen and oxygen atoms in total. The van der Waals surface area contributed by atoms with E-state index < -0.39 is 0 Å². The van der Waals surface area contributed by atoms with Crippen molar-refractivity contribution in [1.29, 1.82) is 0 Å². The first-order valence-corrected chi connectivity index (χ1v) is 3.82. The van der Waals surface area contributed by atoms with Crippen molar-refractivity contribution in [2.45, 2.75) is 37.8 Å². The zero-order valence-corrected chi connectivity index (χ0v) is 6.84. The average molecular weight is 124 g/mol. The van der Waals surface area contributed by atoms with Crippen LogP contribution in [0.25, 0.3) is 0 Å². The smallest absolute Gasteiger partial charge is 1.00 e. The fraction of sp³-hybridized carbons (Fsp3) is 1.00. The molecule has 0 amide bonds. The molecule has 1 unspecified atom stereocenters. The predicted molar refractivity (Wildman–Crippen MR) is 37.7 cm³/mol. The van der Waals surface area contributed by atoms with Gasteiger partial charge in [0.05, 0.1) is 0 Å². The van der Waals surface area contributed by atoms with Crippen molar-refractivity contribution in [3.8, 4) is 0 Å². The van der Waals surface area contributed by atoms with E-state index in [1.54, 1.807) is 0 Å². The van der Waals surface area contributed by atoms with E-state index in [-0.39, 0.29) is 20.3 Å². The van der Waals surface area contributed by atoms with Crippen molar-refractivity contribution >= 4 is 9.24 Å². The first-order valence-electron chi connectivity index (χ1n) is 3.15. The Morgan fingerprint density at radius 2 is 1.62 bits per heavy atom. The summed E-state index contributed by atoms with van der Waals surface area (Å²) in [5, 5.41) is 0. The van der Waals surface area contributed by atoms with Gasteiger partial charge in [0.15, 0.2) is 0 Å². The van der Waals surface area contributed by atoms with Gasteiger partial charge in [-0.2, -0.15) is 0 Å². The zero-order chi connectivity index (χ0) is 5.11. The molecular formula is C6H14LiP. The summed E-state index contributed by atoms with van der Waals surface area (Å²) in [6.45, 7) is 0. The summed E-state index contributed by atoms with van der Waals surface area (Å²) >= 11 is 0. The van der Waals surface area contributed by atoms with Crippen LogP contribution in [-0.2, 0) is 0 Å². The Morgan fingerprint density at radius 1 is 1.12 bits per heavy atom. The van der Waals surface area contributed by atoms with Crippen LogP contribution in [0.4, 0.5) is 0 Å². The molecule has 1 saturated carbocycles. The van der Waals surface area contributed by atoms with Gasteiger partial charge in [-0.25, -0.2) is 0 Å². The molecule has 1 atom stereocenters. The second-order valence-corrected chi connectivity index (χ2v) is 3.34. The molecule has 2 heteroatoms. The molecule has 44 valence electrons. The molecule has 1 aliphatic carbocycles. The molecule has 0 radical (unpaired) electrons. The molecule has 8 heavy (non-hydrogen) atoms. The maximum Gasteiger partial charge on any atom is 1.00 e.